The monoisotopic (exact) mass is 252 g/mol. The standard InChI is InChI=1S/C11H20N6O/c1-3-8-6-5-7-17(8)10-13-9(16-12)14-11(15-10)18-4-2/h8H,3-7,12H2,1-2H3,(H,13,14,15,16). The van der Waals surface area contributed by atoms with Crippen LogP contribution in [0, 0.1) is 0 Å². The molecule has 2 rings (SSSR count). The molecule has 0 radical (unpaired) electrons. The van der Waals surface area contributed by atoms with Crippen molar-refractivity contribution in [2.45, 2.75) is 39.2 Å². The lowest BCUT2D eigenvalue weighted by molar-refractivity contribution is 0.312. The van der Waals surface area contributed by atoms with Crippen LogP contribution in [0.25, 0.3) is 0 Å². The molecule has 1 fully saturated rings. The van der Waals surface area contributed by atoms with E-state index in [-0.39, 0.29) is 0 Å². The fourth-order valence-electron chi connectivity index (χ4n) is 2.26. The van der Waals surface area contributed by atoms with Crippen LogP contribution in [-0.2, 0) is 0 Å². The summed E-state index contributed by atoms with van der Waals surface area (Å²) in [5, 5.41) is 0. The van der Waals surface area contributed by atoms with Crippen LogP contribution in [0.5, 0.6) is 6.01 Å². The number of ether oxygens (including phenoxy) is 1. The molecular formula is C11H20N6O. The van der Waals surface area contributed by atoms with Crippen molar-refractivity contribution < 1.29 is 4.74 Å². The van der Waals surface area contributed by atoms with Crippen molar-refractivity contribution in [3.8, 4) is 6.01 Å². The first kappa shape index (κ1) is 12.8. The molecule has 1 aromatic rings. The number of hydrogen-bond donors (Lipinski definition) is 2. The predicted molar refractivity (Wildman–Crippen MR) is 69.5 cm³/mol. The SMILES string of the molecule is CCOc1nc(NN)nc(N2CCCC2CC)n1. The Labute approximate surface area is 107 Å². The summed E-state index contributed by atoms with van der Waals surface area (Å²) in [6, 6.07) is 0.810. The van der Waals surface area contributed by atoms with Crippen LogP contribution < -0.4 is 20.9 Å². The molecule has 100 valence electrons. The Morgan fingerprint density at radius 1 is 1.39 bits per heavy atom. The Morgan fingerprint density at radius 2 is 2.22 bits per heavy atom. The van der Waals surface area contributed by atoms with Gasteiger partial charge in [-0.05, 0) is 26.2 Å². The van der Waals surface area contributed by atoms with Crippen molar-refractivity contribution in [1.82, 2.24) is 15.0 Å². The lowest BCUT2D eigenvalue weighted by atomic mass is 10.2. The van der Waals surface area contributed by atoms with Crippen molar-refractivity contribution >= 4 is 11.9 Å². The minimum absolute atomic E-state index is 0.317. The second kappa shape index (κ2) is 5.81. The van der Waals surface area contributed by atoms with Crippen LogP contribution in [0.15, 0.2) is 0 Å². The molecule has 3 N–H and O–H groups in total. The van der Waals surface area contributed by atoms with E-state index in [0.717, 1.165) is 13.0 Å². The Balaban J connectivity index is 2.27. The quantitative estimate of drug-likeness (QED) is 0.595. The Kier molecular flexibility index (Phi) is 4.14. The fraction of sp³-hybridized carbons (Fsp3) is 0.727. The number of hydrazine groups is 1. The number of nitrogens with zero attached hydrogens (tertiary/aromatic N) is 4. The smallest absolute Gasteiger partial charge is 0.323 e. The number of nitrogens with one attached hydrogen (secondary N) is 1. The zero-order valence-electron chi connectivity index (χ0n) is 10.9. The van der Waals surface area contributed by atoms with Gasteiger partial charge in [0.15, 0.2) is 0 Å². The van der Waals surface area contributed by atoms with Gasteiger partial charge in [0.25, 0.3) is 0 Å². The molecule has 1 atom stereocenters. The number of rotatable bonds is 5. The second-order valence-electron chi connectivity index (χ2n) is 4.22. The van der Waals surface area contributed by atoms with Crippen molar-refractivity contribution in [3.63, 3.8) is 0 Å². The van der Waals surface area contributed by atoms with Crippen LogP contribution in [0.2, 0.25) is 0 Å². The van der Waals surface area contributed by atoms with Gasteiger partial charge in [0, 0.05) is 12.6 Å². The molecule has 0 bridgehead atoms. The molecule has 7 heteroatoms. The number of anilines is 2. The fourth-order valence-corrected chi connectivity index (χ4v) is 2.26. The van der Waals surface area contributed by atoms with Crippen molar-refractivity contribution in [1.29, 1.82) is 0 Å². The normalized spacial score (nSPS) is 19.1. The van der Waals surface area contributed by atoms with E-state index in [4.69, 9.17) is 10.6 Å². The zero-order chi connectivity index (χ0) is 13.0. The first-order chi connectivity index (χ1) is 8.78. The first-order valence-corrected chi connectivity index (χ1v) is 6.40. The van der Waals surface area contributed by atoms with Gasteiger partial charge in [-0.25, -0.2) is 5.84 Å². The van der Waals surface area contributed by atoms with Gasteiger partial charge in [0.05, 0.1) is 6.61 Å². The van der Waals surface area contributed by atoms with Crippen molar-refractivity contribution in [2.75, 3.05) is 23.5 Å². The maximum Gasteiger partial charge on any atom is 0.323 e. The van der Waals surface area contributed by atoms with E-state index in [0.29, 0.717) is 30.6 Å². The molecule has 2 heterocycles. The summed E-state index contributed by atoms with van der Waals surface area (Å²) in [6.07, 6.45) is 3.43. The molecule has 18 heavy (non-hydrogen) atoms. The van der Waals surface area contributed by atoms with E-state index in [1.54, 1.807) is 0 Å². The lowest BCUT2D eigenvalue weighted by Crippen LogP contribution is -2.31. The largest absolute Gasteiger partial charge is 0.464 e. The highest BCUT2D eigenvalue weighted by atomic mass is 16.5. The Hall–Kier alpha value is -1.63. The minimum Gasteiger partial charge on any atom is -0.464 e. The third-order valence-corrected chi connectivity index (χ3v) is 3.11. The van der Waals surface area contributed by atoms with Gasteiger partial charge in [-0.1, -0.05) is 6.92 Å². The van der Waals surface area contributed by atoms with Crippen LogP contribution in [0.4, 0.5) is 11.9 Å². The molecule has 7 nitrogen and oxygen atoms in total. The van der Waals surface area contributed by atoms with E-state index in [1.165, 1.54) is 12.8 Å². The third-order valence-electron chi connectivity index (χ3n) is 3.11. The van der Waals surface area contributed by atoms with E-state index in [1.807, 2.05) is 6.92 Å². The summed E-state index contributed by atoms with van der Waals surface area (Å²) in [5.74, 6) is 6.36. The summed E-state index contributed by atoms with van der Waals surface area (Å²) >= 11 is 0. The molecule has 0 aromatic carbocycles. The Morgan fingerprint density at radius 3 is 2.89 bits per heavy atom. The molecule has 0 aliphatic carbocycles. The van der Waals surface area contributed by atoms with E-state index >= 15 is 0 Å². The van der Waals surface area contributed by atoms with Gasteiger partial charge in [0.2, 0.25) is 11.9 Å². The lowest BCUT2D eigenvalue weighted by Gasteiger charge is -2.23. The molecule has 0 saturated carbocycles. The highest BCUT2D eigenvalue weighted by molar-refractivity contribution is 5.39. The van der Waals surface area contributed by atoms with E-state index in [2.05, 4.69) is 32.2 Å². The minimum atomic E-state index is 0.317. The average Bonchev–Trinajstić information content (AvgIpc) is 2.87. The van der Waals surface area contributed by atoms with Crippen LogP contribution in [0.1, 0.15) is 33.1 Å². The molecule has 1 saturated heterocycles. The van der Waals surface area contributed by atoms with Crippen LogP contribution >= 0.6 is 0 Å². The number of nitrogens with two attached hydrogens (primary N) is 1. The first-order valence-electron chi connectivity index (χ1n) is 6.40. The maximum absolute atomic E-state index is 5.37. The molecule has 1 unspecified atom stereocenters. The highest BCUT2D eigenvalue weighted by Crippen LogP contribution is 2.25. The maximum atomic E-state index is 5.37. The van der Waals surface area contributed by atoms with Gasteiger partial charge in [0.1, 0.15) is 0 Å². The second-order valence-corrected chi connectivity index (χ2v) is 4.22. The van der Waals surface area contributed by atoms with Crippen LogP contribution in [0.3, 0.4) is 0 Å². The van der Waals surface area contributed by atoms with Crippen molar-refractivity contribution in [3.05, 3.63) is 0 Å². The average molecular weight is 252 g/mol. The Bertz CT molecular complexity index is 399. The third kappa shape index (κ3) is 2.61. The van der Waals surface area contributed by atoms with Gasteiger partial charge in [-0.15, -0.1) is 0 Å². The van der Waals surface area contributed by atoms with E-state index in [9.17, 15) is 0 Å². The highest BCUT2D eigenvalue weighted by Gasteiger charge is 2.26. The topological polar surface area (TPSA) is 89.2 Å². The molecule has 1 aromatic heterocycles. The molecule has 1 aliphatic heterocycles. The number of hydrogen-bond acceptors (Lipinski definition) is 7. The summed E-state index contributed by atoms with van der Waals surface area (Å²) in [6.45, 7) is 5.56. The van der Waals surface area contributed by atoms with Gasteiger partial charge >= 0.3 is 6.01 Å². The van der Waals surface area contributed by atoms with Crippen LogP contribution in [-0.4, -0.2) is 34.1 Å². The summed E-state index contributed by atoms with van der Waals surface area (Å²) in [5.41, 5.74) is 2.45. The van der Waals surface area contributed by atoms with Gasteiger partial charge in [-0.3, -0.25) is 5.43 Å². The molecular weight excluding hydrogens is 232 g/mol. The summed E-state index contributed by atoms with van der Waals surface area (Å²) < 4.78 is 5.33. The molecule has 0 amide bonds. The van der Waals surface area contributed by atoms with Gasteiger partial charge < -0.3 is 9.64 Å². The van der Waals surface area contributed by atoms with Crippen molar-refractivity contribution in [2.24, 2.45) is 5.84 Å². The molecule has 1 aliphatic rings. The number of nitrogen functional groups attached to an aromatic ring is 1. The van der Waals surface area contributed by atoms with E-state index < -0.39 is 0 Å². The predicted octanol–water partition coefficient (Wildman–Crippen LogP) is 0.935. The number of aromatic nitrogens is 3. The van der Waals surface area contributed by atoms with Gasteiger partial charge in [-0.2, -0.15) is 15.0 Å². The molecule has 0 spiro atoms. The summed E-state index contributed by atoms with van der Waals surface area (Å²) in [4.78, 5) is 14.9. The zero-order valence-corrected chi connectivity index (χ0v) is 10.9. The summed E-state index contributed by atoms with van der Waals surface area (Å²) in [7, 11) is 0.